The molecule has 1 amide bonds. The number of nitrogens with one attached hydrogen (secondary N) is 1. The second-order valence-electron chi connectivity index (χ2n) is 7.05. The van der Waals surface area contributed by atoms with E-state index in [9.17, 15) is 9.59 Å². The highest BCUT2D eigenvalue weighted by Crippen LogP contribution is 2.17. The minimum absolute atomic E-state index is 0.180. The molecule has 136 valence electrons. The Kier molecular flexibility index (Phi) is 4.57. The number of rotatable bonds is 2. The molecule has 2 aliphatic heterocycles. The largest absolute Gasteiger partial charge is 0.336 e. The fraction of sp³-hybridized carbons (Fsp3) is 0.421. The Morgan fingerprint density at radius 1 is 1.08 bits per heavy atom. The second kappa shape index (κ2) is 7.01. The van der Waals surface area contributed by atoms with Gasteiger partial charge in [0.25, 0.3) is 11.5 Å². The van der Waals surface area contributed by atoms with Crippen molar-refractivity contribution < 1.29 is 4.79 Å². The number of carbonyl (C=O) groups excluding carboxylic acids is 1. The van der Waals surface area contributed by atoms with E-state index < -0.39 is 0 Å². The van der Waals surface area contributed by atoms with E-state index in [1.54, 1.807) is 24.5 Å². The molecule has 2 fully saturated rings. The van der Waals surface area contributed by atoms with Gasteiger partial charge in [-0.15, -0.1) is 0 Å². The van der Waals surface area contributed by atoms with Crippen LogP contribution in [0.3, 0.4) is 0 Å². The number of fused-ring (bicyclic) bond motifs is 1. The third-order valence-electron chi connectivity index (χ3n) is 5.31. The van der Waals surface area contributed by atoms with E-state index in [1.165, 1.54) is 0 Å². The summed E-state index contributed by atoms with van der Waals surface area (Å²) in [5.41, 5.74) is 1.43. The van der Waals surface area contributed by atoms with E-state index in [0.717, 1.165) is 31.7 Å². The van der Waals surface area contributed by atoms with Gasteiger partial charge < -0.3 is 14.8 Å². The first-order chi connectivity index (χ1) is 12.6. The molecule has 4 heterocycles. The number of aromatic amines is 1. The maximum absolute atomic E-state index is 12.9. The van der Waals surface area contributed by atoms with Crippen LogP contribution in [0.4, 0.5) is 0 Å². The van der Waals surface area contributed by atoms with Gasteiger partial charge in [-0.1, -0.05) is 0 Å². The van der Waals surface area contributed by atoms with Crippen LogP contribution in [-0.2, 0) is 0 Å². The van der Waals surface area contributed by atoms with Crippen LogP contribution in [0.2, 0.25) is 0 Å². The molecule has 2 aromatic rings. The number of H-pyrrole nitrogens is 1. The highest BCUT2D eigenvalue weighted by molar-refractivity contribution is 5.94. The molecule has 0 radical (unpaired) electrons. The van der Waals surface area contributed by atoms with Gasteiger partial charge >= 0.3 is 0 Å². The summed E-state index contributed by atoms with van der Waals surface area (Å²) in [6.45, 7) is 5.29. The number of amides is 1. The van der Waals surface area contributed by atoms with Crippen molar-refractivity contribution in [1.29, 1.82) is 0 Å². The van der Waals surface area contributed by atoms with Crippen LogP contribution in [0.25, 0.3) is 11.3 Å². The van der Waals surface area contributed by atoms with Crippen molar-refractivity contribution in [3.63, 3.8) is 0 Å². The Bertz CT molecular complexity index is 851. The standard InChI is InChI=1S/C19H23N5O2/c1-22-8-9-23-10-11-24(13-15(23)12-22)19(26)16-2-3-17(21-18(16)25)14-4-6-20-7-5-14/h2-7,15H,8-13H2,1H3,(H,21,25)/t15-/m0/s1. The summed E-state index contributed by atoms with van der Waals surface area (Å²) in [4.78, 5) is 38.7. The van der Waals surface area contributed by atoms with E-state index in [0.29, 0.717) is 24.8 Å². The highest BCUT2D eigenvalue weighted by atomic mass is 16.2. The molecule has 0 aliphatic carbocycles. The molecule has 0 spiro atoms. The molecule has 7 heteroatoms. The number of hydrogen-bond acceptors (Lipinski definition) is 5. The van der Waals surface area contributed by atoms with Crippen molar-refractivity contribution in [2.75, 3.05) is 46.3 Å². The first-order valence-corrected chi connectivity index (χ1v) is 8.97. The zero-order valence-corrected chi connectivity index (χ0v) is 14.9. The zero-order valence-electron chi connectivity index (χ0n) is 14.9. The smallest absolute Gasteiger partial charge is 0.261 e. The fourth-order valence-corrected chi connectivity index (χ4v) is 3.81. The third-order valence-corrected chi connectivity index (χ3v) is 5.31. The number of hydrogen-bond donors (Lipinski definition) is 1. The molecule has 2 saturated heterocycles. The second-order valence-corrected chi connectivity index (χ2v) is 7.05. The summed E-state index contributed by atoms with van der Waals surface area (Å²) in [6, 6.07) is 7.42. The van der Waals surface area contributed by atoms with Crippen molar-refractivity contribution >= 4 is 5.91 Å². The fourth-order valence-electron chi connectivity index (χ4n) is 3.81. The van der Waals surface area contributed by atoms with Crippen LogP contribution >= 0.6 is 0 Å². The minimum atomic E-state index is -0.340. The van der Waals surface area contributed by atoms with Gasteiger partial charge in [0.15, 0.2) is 0 Å². The van der Waals surface area contributed by atoms with Gasteiger partial charge in [0.1, 0.15) is 5.56 Å². The zero-order chi connectivity index (χ0) is 18.1. The molecule has 0 unspecified atom stereocenters. The summed E-state index contributed by atoms with van der Waals surface area (Å²) >= 11 is 0. The molecule has 2 aromatic heterocycles. The lowest BCUT2D eigenvalue weighted by atomic mass is 10.1. The summed E-state index contributed by atoms with van der Waals surface area (Å²) in [5, 5.41) is 0. The lowest BCUT2D eigenvalue weighted by molar-refractivity contribution is 0.0189. The number of carbonyl (C=O) groups is 1. The third kappa shape index (κ3) is 3.27. The molecule has 4 rings (SSSR count). The van der Waals surface area contributed by atoms with Crippen LogP contribution in [0.5, 0.6) is 0 Å². The monoisotopic (exact) mass is 353 g/mol. The van der Waals surface area contributed by atoms with Crippen molar-refractivity contribution in [2.45, 2.75) is 6.04 Å². The van der Waals surface area contributed by atoms with Crippen LogP contribution < -0.4 is 5.56 Å². The Morgan fingerprint density at radius 2 is 1.85 bits per heavy atom. The average molecular weight is 353 g/mol. The number of pyridine rings is 2. The maximum Gasteiger partial charge on any atom is 0.261 e. The lowest BCUT2D eigenvalue weighted by Crippen LogP contribution is -2.62. The quantitative estimate of drug-likeness (QED) is 0.852. The SMILES string of the molecule is CN1CCN2CCN(C(=O)c3ccc(-c4ccncc4)[nH]c3=O)C[C@@H]2C1. The number of nitrogens with zero attached hydrogens (tertiary/aromatic N) is 4. The van der Waals surface area contributed by atoms with Gasteiger partial charge in [0.05, 0.1) is 0 Å². The molecule has 2 aliphatic rings. The molecule has 0 bridgehead atoms. The van der Waals surface area contributed by atoms with Gasteiger partial charge in [-0.2, -0.15) is 0 Å². The summed E-state index contributed by atoms with van der Waals surface area (Å²) in [6.07, 6.45) is 3.35. The van der Waals surface area contributed by atoms with Gasteiger partial charge in [-0.3, -0.25) is 19.5 Å². The molecule has 1 N–H and O–H groups in total. The van der Waals surface area contributed by atoms with E-state index in [4.69, 9.17) is 0 Å². The number of likely N-dealkylation sites (N-methyl/N-ethyl adjacent to an activating group) is 1. The highest BCUT2D eigenvalue weighted by Gasteiger charge is 2.33. The molecule has 0 saturated carbocycles. The molecule has 0 aromatic carbocycles. The van der Waals surface area contributed by atoms with E-state index >= 15 is 0 Å². The van der Waals surface area contributed by atoms with E-state index in [2.05, 4.69) is 26.8 Å². The van der Waals surface area contributed by atoms with Crippen molar-refractivity contribution in [1.82, 2.24) is 24.7 Å². The number of piperazine rings is 2. The molecular weight excluding hydrogens is 330 g/mol. The molecule has 7 nitrogen and oxygen atoms in total. The van der Waals surface area contributed by atoms with E-state index in [-0.39, 0.29) is 17.0 Å². The van der Waals surface area contributed by atoms with Gasteiger partial charge in [0, 0.05) is 69.0 Å². The van der Waals surface area contributed by atoms with Crippen molar-refractivity contribution in [3.05, 3.63) is 52.6 Å². The molecule has 1 atom stereocenters. The van der Waals surface area contributed by atoms with Crippen LogP contribution in [0.15, 0.2) is 41.5 Å². The van der Waals surface area contributed by atoms with Crippen LogP contribution in [0.1, 0.15) is 10.4 Å². The summed E-state index contributed by atoms with van der Waals surface area (Å²) < 4.78 is 0. The lowest BCUT2D eigenvalue weighted by Gasteiger charge is -2.46. The average Bonchev–Trinajstić information content (AvgIpc) is 2.67. The van der Waals surface area contributed by atoms with Gasteiger partial charge in [-0.25, -0.2) is 0 Å². The predicted octanol–water partition coefficient (Wildman–Crippen LogP) is 0.509. The molecular formula is C19H23N5O2. The van der Waals surface area contributed by atoms with Gasteiger partial charge in [0.2, 0.25) is 0 Å². The van der Waals surface area contributed by atoms with Gasteiger partial charge in [-0.05, 0) is 31.3 Å². The maximum atomic E-state index is 12.9. The summed E-state index contributed by atoms with van der Waals surface area (Å²) in [5.74, 6) is -0.180. The minimum Gasteiger partial charge on any atom is -0.336 e. The Hall–Kier alpha value is -2.51. The van der Waals surface area contributed by atoms with Crippen molar-refractivity contribution in [3.8, 4) is 11.3 Å². The summed E-state index contributed by atoms with van der Waals surface area (Å²) in [7, 11) is 2.11. The van der Waals surface area contributed by atoms with E-state index in [1.807, 2.05) is 17.0 Å². The predicted molar refractivity (Wildman–Crippen MR) is 99.1 cm³/mol. The first kappa shape index (κ1) is 16.9. The normalized spacial score (nSPS) is 21.4. The Morgan fingerprint density at radius 3 is 2.62 bits per heavy atom. The Balaban J connectivity index is 1.52. The molecule has 26 heavy (non-hydrogen) atoms. The van der Waals surface area contributed by atoms with Crippen molar-refractivity contribution in [2.24, 2.45) is 0 Å². The van der Waals surface area contributed by atoms with Crippen LogP contribution in [0, 0.1) is 0 Å². The topological polar surface area (TPSA) is 72.5 Å². The Labute approximate surface area is 152 Å². The first-order valence-electron chi connectivity index (χ1n) is 8.97. The van der Waals surface area contributed by atoms with Crippen LogP contribution in [-0.4, -0.2) is 82.9 Å². The number of aromatic nitrogens is 2.